The highest BCUT2D eigenvalue weighted by Gasteiger charge is 2.49. The molecule has 3 rings (SSSR count). The van der Waals surface area contributed by atoms with E-state index in [0.717, 1.165) is 45.4 Å². The standard InChI is InChI=1S/C15H19FN2O/c16-13-5-2-1-4-12(13)15(6-3-7-15)14(19)18-10-8-17-9-11-18/h1-2,4-5,17H,3,6-11H2. The van der Waals surface area contributed by atoms with Gasteiger partial charge in [-0.2, -0.15) is 0 Å². The first-order chi connectivity index (χ1) is 9.24. The summed E-state index contributed by atoms with van der Waals surface area (Å²) in [5, 5.41) is 3.24. The lowest BCUT2D eigenvalue weighted by Gasteiger charge is -2.45. The zero-order valence-corrected chi connectivity index (χ0v) is 11.0. The van der Waals surface area contributed by atoms with E-state index < -0.39 is 5.41 Å². The van der Waals surface area contributed by atoms with Crippen molar-refractivity contribution < 1.29 is 9.18 Å². The van der Waals surface area contributed by atoms with Crippen LogP contribution in [0.4, 0.5) is 4.39 Å². The van der Waals surface area contributed by atoms with Crippen LogP contribution in [0.1, 0.15) is 24.8 Å². The van der Waals surface area contributed by atoms with Gasteiger partial charge in [-0.1, -0.05) is 24.6 Å². The Kier molecular flexibility index (Phi) is 3.27. The smallest absolute Gasteiger partial charge is 0.233 e. The Morgan fingerprint density at radius 3 is 2.47 bits per heavy atom. The van der Waals surface area contributed by atoms with E-state index in [-0.39, 0.29) is 11.7 Å². The molecule has 0 bridgehead atoms. The van der Waals surface area contributed by atoms with Crippen molar-refractivity contribution in [1.29, 1.82) is 0 Å². The Labute approximate surface area is 112 Å². The maximum Gasteiger partial charge on any atom is 0.233 e. The van der Waals surface area contributed by atoms with Gasteiger partial charge in [0.2, 0.25) is 5.91 Å². The first-order valence-corrected chi connectivity index (χ1v) is 6.99. The van der Waals surface area contributed by atoms with Gasteiger partial charge in [-0.3, -0.25) is 4.79 Å². The topological polar surface area (TPSA) is 32.3 Å². The number of halogens is 1. The van der Waals surface area contributed by atoms with Crippen LogP contribution < -0.4 is 5.32 Å². The highest BCUT2D eigenvalue weighted by atomic mass is 19.1. The van der Waals surface area contributed by atoms with E-state index in [1.807, 2.05) is 11.0 Å². The van der Waals surface area contributed by atoms with Gasteiger partial charge in [0, 0.05) is 31.7 Å². The van der Waals surface area contributed by atoms with Crippen LogP contribution in [0.5, 0.6) is 0 Å². The molecular formula is C15H19FN2O. The first kappa shape index (κ1) is 12.6. The highest BCUT2D eigenvalue weighted by molar-refractivity contribution is 5.89. The second-order valence-electron chi connectivity index (χ2n) is 5.46. The number of hydrogen-bond acceptors (Lipinski definition) is 2. The summed E-state index contributed by atoms with van der Waals surface area (Å²) in [6, 6.07) is 6.74. The average molecular weight is 262 g/mol. The van der Waals surface area contributed by atoms with Gasteiger partial charge < -0.3 is 10.2 Å². The lowest BCUT2D eigenvalue weighted by molar-refractivity contribution is -0.141. The average Bonchev–Trinajstić information content (AvgIpc) is 2.40. The fourth-order valence-corrected chi connectivity index (χ4v) is 3.15. The Hall–Kier alpha value is -1.42. The van der Waals surface area contributed by atoms with E-state index in [0.29, 0.717) is 5.56 Å². The predicted molar refractivity (Wildman–Crippen MR) is 71.4 cm³/mol. The van der Waals surface area contributed by atoms with E-state index in [9.17, 15) is 9.18 Å². The Bertz CT molecular complexity index is 479. The molecule has 1 aliphatic heterocycles. The number of carbonyl (C=O) groups is 1. The molecule has 2 fully saturated rings. The zero-order valence-electron chi connectivity index (χ0n) is 11.0. The maximum atomic E-state index is 14.1. The molecule has 0 spiro atoms. The van der Waals surface area contributed by atoms with Crippen LogP contribution in [0.25, 0.3) is 0 Å². The van der Waals surface area contributed by atoms with Gasteiger partial charge >= 0.3 is 0 Å². The highest BCUT2D eigenvalue weighted by Crippen LogP contribution is 2.46. The quantitative estimate of drug-likeness (QED) is 0.879. The number of rotatable bonds is 2. The molecule has 1 saturated heterocycles. The third-order valence-electron chi connectivity index (χ3n) is 4.41. The summed E-state index contributed by atoms with van der Waals surface area (Å²) < 4.78 is 14.1. The minimum absolute atomic E-state index is 0.116. The summed E-state index contributed by atoms with van der Waals surface area (Å²) in [7, 11) is 0. The summed E-state index contributed by atoms with van der Waals surface area (Å²) >= 11 is 0. The van der Waals surface area contributed by atoms with Gasteiger partial charge in [0.05, 0.1) is 5.41 Å². The van der Waals surface area contributed by atoms with E-state index in [1.54, 1.807) is 12.1 Å². The number of amides is 1. The van der Waals surface area contributed by atoms with Gasteiger partial charge in [0.25, 0.3) is 0 Å². The Morgan fingerprint density at radius 2 is 1.89 bits per heavy atom. The number of carbonyl (C=O) groups excluding carboxylic acids is 1. The fraction of sp³-hybridized carbons (Fsp3) is 0.533. The summed E-state index contributed by atoms with van der Waals surface area (Å²) in [4.78, 5) is 14.7. The Morgan fingerprint density at radius 1 is 1.21 bits per heavy atom. The molecule has 0 aromatic heterocycles. The lowest BCUT2D eigenvalue weighted by atomic mass is 9.63. The molecule has 0 radical (unpaired) electrons. The van der Waals surface area contributed by atoms with Crippen LogP contribution in [-0.4, -0.2) is 37.0 Å². The largest absolute Gasteiger partial charge is 0.339 e. The van der Waals surface area contributed by atoms with Crippen LogP contribution in [0.2, 0.25) is 0 Å². The monoisotopic (exact) mass is 262 g/mol. The number of hydrogen-bond donors (Lipinski definition) is 1. The number of piperazine rings is 1. The van der Waals surface area contributed by atoms with E-state index in [2.05, 4.69) is 5.32 Å². The van der Waals surface area contributed by atoms with Crippen molar-refractivity contribution in [2.45, 2.75) is 24.7 Å². The minimum Gasteiger partial charge on any atom is -0.339 e. The normalized spacial score (nSPS) is 21.8. The fourth-order valence-electron chi connectivity index (χ4n) is 3.15. The van der Waals surface area contributed by atoms with Crippen molar-refractivity contribution in [1.82, 2.24) is 10.2 Å². The predicted octanol–water partition coefficient (Wildman–Crippen LogP) is 1.68. The van der Waals surface area contributed by atoms with Crippen molar-refractivity contribution in [2.24, 2.45) is 0 Å². The molecule has 1 aromatic rings. The van der Waals surface area contributed by atoms with Crippen LogP contribution in [0.15, 0.2) is 24.3 Å². The summed E-state index contributed by atoms with van der Waals surface area (Å²) in [5.74, 6) is -0.129. The number of nitrogens with one attached hydrogen (secondary N) is 1. The second-order valence-corrected chi connectivity index (χ2v) is 5.46. The molecule has 1 saturated carbocycles. The summed E-state index contributed by atoms with van der Waals surface area (Å²) in [5.41, 5.74) is -0.00680. The molecule has 1 aliphatic carbocycles. The van der Waals surface area contributed by atoms with Gasteiger partial charge in [-0.15, -0.1) is 0 Å². The van der Waals surface area contributed by atoms with Gasteiger partial charge in [0.1, 0.15) is 5.82 Å². The van der Waals surface area contributed by atoms with Gasteiger partial charge in [-0.25, -0.2) is 4.39 Å². The number of benzene rings is 1. The molecule has 102 valence electrons. The van der Waals surface area contributed by atoms with Crippen LogP contribution in [-0.2, 0) is 10.2 Å². The molecule has 1 heterocycles. The van der Waals surface area contributed by atoms with E-state index in [4.69, 9.17) is 0 Å². The van der Waals surface area contributed by atoms with E-state index in [1.165, 1.54) is 6.07 Å². The third kappa shape index (κ3) is 2.04. The van der Waals surface area contributed by atoms with Crippen LogP contribution >= 0.6 is 0 Å². The molecular weight excluding hydrogens is 243 g/mol. The van der Waals surface area contributed by atoms with Crippen molar-refractivity contribution in [3.8, 4) is 0 Å². The van der Waals surface area contributed by atoms with Gasteiger partial charge in [0.15, 0.2) is 0 Å². The Balaban J connectivity index is 1.90. The number of nitrogens with zero attached hydrogens (tertiary/aromatic N) is 1. The molecule has 4 heteroatoms. The first-order valence-electron chi connectivity index (χ1n) is 6.99. The molecule has 1 aromatic carbocycles. The molecule has 3 nitrogen and oxygen atoms in total. The molecule has 1 amide bonds. The van der Waals surface area contributed by atoms with Crippen molar-refractivity contribution >= 4 is 5.91 Å². The molecule has 0 unspecified atom stereocenters. The van der Waals surface area contributed by atoms with Crippen molar-refractivity contribution in [3.05, 3.63) is 35.6 Å². The van der Waals surface area contributed by atoms with Crippen molar-refractivity contribution in [3.63, 3.8) is 0 Å². The summed E-state index contributed by atoms with van der Waals surface area (Å²) in [6.07, 6.45) is 2.56. The minimum atomic E-state index is -0.595. The molecule has 2 aliphatic rings. The second kappa shape index (κ2) is 4.93. The zero-order chi connectivity index (χ0) is 13.3. The maximum absolute atomic E-state index is 14.1. The van der Waals surface area contributed by atoms with Gasteiger partial charge in [-0.05, 0) is 18.9 Å². The molecule has 0 atom stereocenters. The van der Waals surface area contributed by atoms with Crippen LogP contribution in [0, 0.1) is 5.82 Å². The summed E-state index contributed by atoms with van der Waals surface area (Å²) in [6.45, 7) is 3.13. The van der Waals surface area contributed by atoms with Crippen molar-refractivity contribution in [2.75, 3.05) is 26.2 Å². The third-order valence-corrected chi connectivity index (χ3v) is 4.41. The van der Waals surface area contributed by atoms with E-state index >= 15 is 0 Å². The SMILES string of the molecule is O=C(N1CCNCC1)C1(c2ccccc2F)CCC1. The van der Waals surface area contributed by atoms with Crippen LogP contribution in [0.3, 0.4) is 0 Å². The molecule has 19 heavy (non-hydrogen) atoms. The lowest BCUT2D eigenvalue weighted by Crippen LogP contribution is -2.56. The molecule has 1 N–H and O–H groups in total.